The molecule has 0 N–H and O–H groups in total. The predicted octanol–water partition coefficient (Wildman–Crippen LogP) is 2.73. The minimum absolute atomic E-state index is 0.128. The number of carbonyl (C=O) groups is 2. The SMILES string of the molecule is Cc1ccc(CN2CCN(C3CCN(S(=O)(=O)c4ccc(Cl)s4)CC3)C(=O)C2=O)cc1. The molecule has 4 rings (SSSR count). The van der Waals surface area contributed by atoms with Crippen LogP contribution in [0.15, 0.2) is 40.6 Å². The first-order valence-corrected chi connectivity index (χ1v) is 12.8. The van der Waals surface area contributed by atoms with Gasteiger partial charge < -0.3 is 9.80 Å². The number of rotatable bonds is 5. The standard InChI is InChI=1S/C21H24ClN3O4S2/c1-15-2-4-16(5-3-15)14-23-12-13-25(21(27)20(23)26)17-8-10-24(11-9-17)31(28,29)19-7-6-18(22)30-19/h2-7,17H,8-14H2,1H3. The van der Waals surface area contributed by atoms with E-state index in [0.29, 0.717) is 49.9 Å². The molecule has 2 saturated heterocycles. The maximum atomic E-state index is 12.8. The van der Waals surface area contributed by atoms with Gasteiger partial charge in [-0.3, -0.25) is 9.59 Å². The van der Waals surface area contributed by atoms with Crippen LogP contribution in [0, 0.1) is 6.92 Å². The highest BCUT2D eigenvalue weighted by Crippen LogP contribution is 2.30. The number of sulfonamides is 1. The first kappa shape index (κ1) is 22.3. The van der Waals surface area contributed by atoms with Crippen molar-refractivity contribution < 1.29 is 18.0 Å². The fourth-order valence-electron chi connectivity index (χ4n) is 4.06. The average molecular weight is 482 g/mol. The highest BCUT2D eigenvalue weighted by molar-refractivity contribution is 7.91. The highest BCUT2D eigenvalue weighted by atomic mass is 35.5. The van der Waals surface area contributed by atoms with Crippen LogP contribution in [0.5, 0.6) is 0 Å². The second kappa shape index (κ2) is 8.90. The number of amides is 2. The number of benzene rings is 1. The number of piperazine rings is 1. The van der Waals surface area contributed by atoms with E-state index in [1.54, 1.807) is 15.9 Å². The third-order valence-corrected chi connectivity index (χ3v) is 9.44. The second-order valence-electron chi connectivity index (χ2n) is 7.90. The molecule has 0 atom stereocenters. The van der Waals surface area contributed by atoms with E-state index in [0.717, 1.165) is 22.5 Å². The molecule has 0 bridgehead atoms. The Morgan fingerprint density at radius 3 is 2.26 bits per heavy atom. The molecule has 2 aliphatic rings. The summed E-state index contributed by atoms with van der Waals surface area (Å²) in [5.41, 5.74) is 2.14. The van der Waals surface area contributed by atoms with Crippen molar-refractivity contribution in [3.63, 3.8) is 0 Å². The van der Waals surface area contributed by atoms with E-state index in [-0.39, 0.29) is 10.3 Å². The van der Waals surface area contributed by atoms with Gasteiger partial charge in [0.05, 0.1) is 4.34 Å². The van der Waals surface area contributed by atoms with Gasteiger partial charge in [-0.2, -0.15) is 4.31 Å². The number of halogens is 1. The van der Waals surface area contributed by atoms with Gasteiger partial charge in [0.25, 0.3) is 10.0 Å². The quantitative estimate of drug-likeness (QED) is 0.615. The van der Waals surface area contributed by atoms with Crippen LogP contribution in [-0.2, 0) is 26.2 Å². The molecule has 2 aliphatic heterocycles. The van der Waals surface area contributed by atoms with E-state index in [1.165, 1.54) is 10.4 Å². The Balaban J connectivity index is 1.36. The fraction of sp³-hybridized carbons (Fsp3) is 0.429. The van der Waals surface area contributed by atoms with E-state index in [1.807, 2.05) is 31.2 Å². The van der Waals surface area contributed by atoms with Crippen LogP contribution in [0.2, 0.25) is 4.34 Å². The number of thiophene rings is 1. The number of nitrogens with zero attached hydrogens (tertiary/aromatic N) is 3. The van der Waals surface area contributed by atoms with Crippen molar-refractivity contribution >= 4 is 44.8 Å². The van der Waals surface area contributed by atoms with E-state index in [4.69, 9.17) is 11.6 Å². The van der Waals surface area contributed by atoms with Gasteiger partial charge in [0.15, 0.2) is 0 Å². The Bertz CT molecular complexity index is 1080. The van der Waals surface area contributed by atoms with E-state index < -0.39 is 21.8 Å². The zero-order chi connectivity index (χ0) is 22.2. The van der Waals surface area contributed by atoms with Gasteiger partial charge in [-0.1, -0.05) is 41.4 Å². The van der Waals surface area contributed by atoms with Crippen LogP contribution in [0.4, 0.5) is 0 Å². The molecule has 0 unspecified atom stereocenters. The molecule has 2 fully saturated rings. The van der Waals surface area contributed by atoms with Crippen molar-refractivity contribution in [1.82, 2.24) is 14.1 Å². The lowest BCUT2D eigenvalue weighted by atomic mass is 10.0. The van der Waals surface area contributed by atoms with Crippen molar-refractivity contribution in [2.75, 3.05) is 26.2 Å². The molecule has 0 radical (unpaired) electrons. The largest absolute Gasteiger partial charge is 0.330 e. The smallest absolute Gasteiger partial charge is 0.312 e. The molecular formula is C21H24ClN3O4S2. The first-order chi connectivity index (χ1) is 14.8. The van der Waals surface area contributed by atoms with E-state index in [9.17, 15) is 18.0 Å². The normalized spacial score (nSPS) is 19.3. The highest BCUT2D eigenvalue weighted by Gasteiger charge is 2.39. The summed E-state index contributed by atoms with van der Waals surface area (Å²) >= 11 is 6.93. The number of carbonyl (C=O) groups excluding carboxylic acids is 2. The Morgan fingerprint density at radius 1 is 0.968 bits per heavy atom. The molecule has 10 heteroatoms. The molecular weight excluding hydrogens is 458 g/mol. The van der Waals surface area contributed by atoms with Gasteiger partial charge >= 0.3 is 11.8 Å². The second-order valence-corrected chi connectivity index (χ2v) is 11.8. The maximum absolute atomic E-state index is 12.8. The third-order valence-electron chi connectivity index (χ3n) is 5.84. The Kier molecular flexibility index (Phi) is 6.39. The van der Waals surface area contributed by atoms with Gasteiger partial charge in [-0.25, -0.2) is 8.42 Å². The van der Waals surface area contributed by atoms with Crippen LogP contribution in [0.1, 0.15) is 24.0 Å². The average Bonchev–Trinajstić information content (AvgIpc) is 3.20. The summed E-state index contributed by atoms with van der Waals surface area (Å²) in [4.78, 5) is 28.7. The molecule has 3 heterocycles. The summed E-state index contributed by atoms with van der Waals surface area (Å²) in [5, 5.41) is 0. The molecule has 2 aromatic rings. The lowest BCUT2D eigenvalue weighted by molar-refractivity contribution is -0.158. The van der Waals surface area contributed by atoms with E-state index >= 15 is 0 Å². The summed E-state index contributed by atoms with van der Waals surface area (Å²) in [5.74, 6) is -0.986. The van der Waals surface area contributed by atoms with Crippen molar-refractivity contribution in [2.24, 2.45) is 0 Å². The van der Waals surface area contributed by atoms with Crippen LogP contribution >= 0.6 is 22.9 Å². The predicted molar refractivity (Wildman–Crippen MR) is 119 cm³/mol. The molecule has 0 saturated carbocycles. The molecule has 0 spiro atoms. The molecule has 1 aromatic heterocycles. The topological polar surface area (TPSA) is 78.0 Å². The van der Waals surface area contributed by atoms with Crippen molar-refractivity contribution in [3.05, 3.63) is 51.9 Å². The summed E-state index contributed by atoms with van der Waals surface area (Å²) in [6, 6.07) is 10.9. The van der Waals surface area contributed by atoms with Gasteiger partial charge in [-0.15, -0.1) is 11.3 Å². The Morgan fingerprint density at radius 2 is 1.65 bits per heavy atom. The van der Waals surface area contributed by atoms with E-state index in [2.05, 4.69) is 0 Å². The Hall–Kier alpha value is -1.94. The zero-order valence-electron chi connectivity index (χ0n) is 17.2. The lowest BCUT2D eigenvalue weighted by Gasteiger charge is -2.41. The minimum Gasteiger partial charge on any atom is -0.330 e. The molecule has 1 aromatic carbocycles. The Labute approximate surface area is 191 Å². The number of hydrogen-bond acceptors (Lipinski definition) is 5. The van der Waals surface area contributed by atoms with Crippen LogP contribution in [-0.4, -0.2) is 66.6 Å². The first-order valence-electron chi connectivity index (χ1n) is 10.2. The van der Waals surface area contributed by atoms with Crippen molar-refractivity contribution in [2.45, 2.75) is 36.6 Å². The maximum Gasteiger partial charge on any atom is 0.312 e. The van der Waals surface area contributed by atoms with Gasteiger partial charge in [0.1, 0.15) is 4.21 Å². The molecule has 7 nitrogen and oxygen atoms in total. The zero-order valence-corrected chi connectivity index (χ0v) is 19.5. The fourth-order valence-corrected chi connectivity index (χ4v) is 7.17. The summed E-state index contributed by atoms with van der Waals surface area (Å²) in [7, 11) is -3.58. The van der Waals surface area contributed by atoms with Crippen LogP contribution < -0.4 is 0 Å². The summed E-state index contributed by atoms with van der Waals surface area (Å²) < 4.78 is 27.6. The molecule has 0 aliphatic carbocycles. The molecule has 31 heavy (non-hydrogen) atoms. The molecule has 2 amide bonds. The number of aryl methyl sites for hydroxylation is 1. The van der Waals surface area contributed by atoms with Crippen molar-refractivity contribution in [3.8, 4) is 0 Å². The molecule has 166 valence electrons. The minimum atomic E-state index is -3.58. The number of hydrogen-bond donors (Lipinski definition) is 0. The van der Waals surface area contributed by atoms with Gasteiger partial charge in [0.2, 0.25) is 0 Å². The van der Waals surface area contributed by atoms with Gasteiger partial charge in [-0.05, 0) is 37.5 Å². The van der Waals surface area contributed by atoms with Crippen LogP contribution in [0.3, 0.4) is 0 Å². The monoisotopic (exact) mass is 481 g/mol. The van der Waals surface area contributed by atoms with Crippen LogP contribution in [0.25, 0.3) is 0 Å². The summed E-state index contributed by atoms with van der Waals surface area (Å²) in [6.45, 7) is 3.99. The number of piperidine rings is 1. The van der Waals surface area contributed by atoms with Gasteiger partial charge in [0, 0.05) is 38.8 Å². The lowest BCUT2D eigenvalue weighted by Crippen LogP contribution is -2.58. The summed E-state index contributed by atoms with van der Waals surface area (Å²) in [6.07, 6.45) is 1.02. The third kappa shape index (κ3) is 4.64. The van der Waals surface area contributed by atoms with Crippen molar-refractivity contribution in [1.29, 1.82) is 0 Å².